The molecule has 0 saturated heterocycles. The highest BCUT2D eigenvalue weighted by molar-refractivity contribution is 7.25. The van der Waals surface area contributed by atoms with Crippen molar-refractivity contribution < 1.29 is 0 Å². The summed E-state index contributed by atoms with van der Waals surface area (Å²) in [6, 6.07) is 61.5. The molecule has 0 radical (unpaired) electrons. The van der Waals surface area contributed by atoms with Crippen molar-refractivity contribution in [3.63, 3.8) is 0 Å². The van der Waals surface area contributed by atoms with E-state index in [9.17, 15) is 0 Å². The van der Waals surface area contributed by atoms with Crippen molar-refractivity contribution >= 4 is 48.6 Å². The first kappa shape index (κ1) is 27.1. The van der Waals surface area contributed by atoms with Crippen molar-refractivity contribution in [1.29, 1.82) is 0 Å². The molecular weight excluding hydrogens is 563 g/mol. The number of benzene rings is 7. The van der Waals surface area contributed by atoms with E-state index in [0.717, 1.165) is 17.1 Å². The van der Waals surface area contributed by atoms with E-state index in [1.54, 1.807) is 0 Å². The summed E-state index contributed by atoms with van der Waals surface area (Å²) in [6.45, 7) is 2.13. The van der Waals surface area contributed by atoms with Gasteiger partial charge in [-0.25, -0.2) is 0 Å². The second-order valence-corrected chi connectivity index (χ2v) is 12.6. The van der Waals surface area contributed by atoms with Gasteiger partial charge in [0, 0.05) is 37.2 Å². The Hall–Kier alpha value is -5.44. The third-order valence-electron chi connectivity index (χ3n) is 8.56. The molecule has 0 amide bonds. The minimum absolute atomic E-state index is 1.13. The lowest BCUT2D eigenvalue weighted by atomic mass is 9.98. The van der Waals surface area contributed by atoms with E-state index in [1.807, 2.05) is 11.3 Å². The van der Waals surface area contributed by atoms with Gasteiger partial charge in [-0.3, -0.25) is 0 Å². The topological polar surface area (TPSA) is 3.24 Å². The van der Waals surface area contributed by atoms with Crippen LogP contribution in [0.4, 0.5) is 17.1 Å². The molecule has 0 fully saturated rings. The van der Waals surface area contributed by atoms with Gasteiger partial charge in [0.1, 0.15) is 0 Å². The van der Waals surface area contributed by atoms with Crippen LogP contribution in [0.5, 0.6) is 0 Å². The summed E-state index contributed by atoms with van der Waals surface area (Å²) in [5, 5.41) is 2.67. The fraction of sp³-hybridized carbons (Fsp3) is 0.0233. The molecule has 0 aliphatic heterocycles. The van der Waals surface area contributed by atoms with Crippen LogP contribution in [0.25, 0.3) is 53.6 Å². The van der Waals surface area contributed by atoms with E-state index in [2.05, 4.69) is 182 Å². The average Bonchev–Trinajstić information content (AvgIpc) is 3.48. The van der Waals surface area contributed by atoms with Crippen LogP contribution in [-0.4, -0.2) is 0 Å². The van der Waals surface area contributed by atoms with Gasteiger partial charge in [-0.1, -0.05) is 121 Å². The summed E-state index contributed by atoms with van der Waals surface area (Å²) in [6.07, 6.45) is 0. The van der Waals surface area contributed by atoms with Crippen LogP contribution >= 0.6 is 11.3 Å². The van der Waals surface area contributed by atoms with Crippen LogP contribution < -0.4 is 4.90 Å². The van der Waals surface area contributed by atoms with Crippen molar-refractivity contribution in [2.45, 2.75) is 6.92 Å². The van der Waals surface area contributed by atoms with Gasteiger partial charge in [0.2, 0.25) is 0 Å². The molecule has 0 spiro atoms. The fourth-order valence-corrected chi connectivity index (χ4v) is 7.31. The Morgan fingerprint density at radius 2 is 0.822 bits per heavy atom. The van der Waals surface area contributed by atoms with Crippen molar-refractivity contribution in [3.8, 4) is 33.4 Å². The van der Waals surface area contributed by atoms with Gasteiger partial charge in [-0.05, 0) is 94.9 Å². The maximum Gasteiger partial charge on any atom is 0.0462 e. The first-order valence-electron chi connectivity index (χ1n) is 15.3. The number of thiophene rings is 1. The van der Waals surface area contributed by atoms with Crippen LogP contribution in [0.2, 0.25) is 0 Å². The molecule has 0 unspecified atom stereocenters. The Balaban J connectivity index is 1.12. The highest BCUT2D eigenvalue weighted by Crippen LogP contribution is 2.39. The molecule has 214 valence electrons. The number of hydrogen-bond donors (Lipinski definition) is 0. The smallest absolute Gasteiger partial charge is 0.0462 e. The maximum absolute atomic E-state index is 2.34. The summed E-state index contributed by atoms with van der Waals surface area (Å²) in [7, 11) is 0. The highest BCUT2D eigenvalue weighted by atomic mass is 32.1. The molecule has 7 aromatic carbocycles. The first-order valence-corrected chi connectivity index (χ1v) is 16.2. The number of hydrogen-bond acceptors (Lipinski definition) is 2. The third-order valence-corrected chi connectivity index (χ3v) is 9.69. The van der Waals surface area contributed by atoms with Crippen LogP contribution in [0, 0.1) is 6.92 Å². The second-order valence-electron chi connectivity index (χ2n) is 11.5. The van der Waals surface area contributed by atoms with E-state index >= 15 is 0 Å². The largest absolute Gasteiger partial charge is 0.311 e. The molecule has 8 rings (SSSR count). The maximum atomic E-state index is 2.34. The molecule has 0 aliphatic carbocycles. The zero-order valence-electron chi connectivity index (χ0n) is 25.0. The molecule has 0 atom stereocenters. The molecule has 1 aromatic heterocycles. The lowest BCUT2D eigenvalue weighted by Crippen LogP contribution is -2.09. The van der Waals surface area contributed by atoms with Gasteiger partial charge in [-0.15, -0.1) is 11.3 Å². The van der Waals surface area contributed by atoms with Gasteiger partial charge in [-0.2, -0.15) is 0 Å². The Morgan fingerprint density at radius 1 is 0.356 bits per heavy atom. The molecule has 1 nitrogen and oxygen atoms in total. The molecule has 2 heteroatoms. The van der Waals surface area contributed by atoms with Crippen LogP contribution in [0.15, 0.2) is 170 Å². The minimum Gasteiger partial charge on any atom is -0.311 e. The Labute approximate surface area is 268 Å². The number of nitrogens with zero attached hydrogens (tertiary/aromatic N) is 1. The van der Waals surface area contributed by atoms with E-state index in [-0.39, 0.29) is 0 Å². The fourth-order valence-electron chi connectivity index (χ4n) is 6.16. The number of anilines is 3. The summed E-state index contributed by atoms with van der Waals surface area (Å²) in [5.74, 6) is 0. The summed E-state index contributed by atoms with van der Waals surface area (Å²) >= 11 is 1.87. The predicted molar refractivity (Wildman–Crippen MR) is 195 cm³/mol. The van der Waals surface area contributed by atoms with Crippen molar-refractivity contribution in [1.82, 2.24) is 0 Å². The lowest BCUT2D eigenvalue weighted by molar-refractivity contribution is 1.27. The lowest BCUT2D eigenvalue weighted by Gasteiger charge is -2.26. The molecule has 8 aromatic rings. The van der Waals surface area contributed by atoms with Gasteiger partial charge < -0.3 is 4.90 Å². The molecule has 0 saturated carbocycles. The molecule has 0 aliphatic rings. The quantitative estimate of drug-likeness (QED) is 0.185. The van der Waals surface area contributed by atoms with Crippen LogP contribution in [0.1, 0.15) is 5.56 Å². The normalized spacial score (nSPS) is 11.2. The van der Waals surface area contributed by atoms with Gasteiger partial charge in [0.25, 0.3) is 0 Å². The van der Waals surface area contributed by atoms with Gasteiger partial charge in [0.05, 0.1) is 0 Å². The monoisotopic (exact) mass is 593 g/mol. The van der Waals surface area contributed by atoms with Crippen molar-refractivity contribution in [3.05, 3.63) is 175 Å². The van der Waals surface area contributed by atoms with Crippen LogP contribution in [0.3, 0.4) is 0 Å². The van der Waals surface area contributed by atoms with Crippen molar-refractivity contribution in [2.24, 2.45) is 0 Å². The molecular formula is C43H31NS. The highest BCUT2D eigenvalue weighted by Gasteiger charge is 2.14. The Bertz CT molecular complexity index is 2240. The van der Waals surface area contributed by atoms with Gasteiger partial charge >= 0.3 is 0 Å². The molecule has 45 heavy (non-hydrogen) atoms. The van der Waals surface area contributed by atoms with Crippen LogP contribution in [-0.2, 0) is 0 Å². The predicted octanol–water partition coefficient (Wildman–Crippen LogP) is 12.8. The molecule has 0 N–H and O–H groups in total. The second kappa shape index (κ2) is 11.6. The standard InChI is InChI=1S/C43H31NS/c1-30-14-21-37(22-15-30)44(38-23-16-32(17-24-38)31-8-3-2-4-9-31)39-25-18-33(19-26-39)34-10-7-11-35(28-34)36-20-27-41-40-12-5-6-13-42(40)45-43(41)29-36/h2-29H,1H3. The van der Waals surface area contributed by atoms with E-state index in [1.165, 1.54) is 59.1 Å². The zero-order chi connectivity index (χ0) is 30.2. The molecule has 1 heterocycles. The van der Waals surface area contributed by atoms with Gasteiger partial charge in [0.15, 0.2) is 0 Å². The zero-order valence-corrected chi connectivity index (χ0v) is 25.8. The Kier molecular flexibility index (Phi) is 6.98. The van der Waals surface area contributed by atoms with Crippen molar-refractivity contribution in [2.75, 3.05) is 4.90 Å². The Morgan fingerprint density at radius 3 is 1.51 bits per heavy atom. The minimum atomic E-state index is 1.13. The number of fused-ring (bicyclic) bond motifs is 3. The third kappa shape index (κ3) is 5.31. The summed E-state index contributed by atoms with van der Waals surface area (Å²) in [5.41, 5.74) is 12.0. The van der Waals surface area contributed by atoms with E-state index in [0.29, 0.717) is 0 Å². The summed E-state index contributed by atoms with van der Waals surface area (Å²) in [4.78, 5) is 2.33. The van der Waals surface area contributed by atoms with E-state index < -0.39 is 0 Å². The number of aryl methyl sites for hydroxylation is 1. The molecule has 0 bridgehead atoms. The average molecular weight is 594 g/mol. The first-order chi connectivity index (χ1) is 22.2. The summed E-state index contributed by atoms with van der Waals surface area (Å²) < 4.78 is 2.67. The number of rotatable bonds is 6. The van der Waals surface area contributed by atoms with E-state index in [4.69, 9.17) is 0 Å². The SMILES string of the molecule is Cc1ccc(N(c2ccc(-c3ccccc3)cc2)c2ccc(-c3cccc(-c4ccc5c(c4)sc4ccccc45)c3)cc2)cc1.